The van der Waals surface area contributed by atoms with Gasteiger partial charge in [-0.25, -0.2) is 4.98 Å². The highest BCUT2D eigenvalue weighted by molar-refractivity contribution is 5.92. The minimum Gasteiger partial charge on any atom is -0.494 e. The molecule has 5 rings (SSSR count). The highest BCUT2D eigenvalue weighted by atomic mass is 16.5. The zero-order valence-electron chi connectivity index (χ0n) is 18.2. The van der Waals surface area contributed by atoms with Gasteiger partial charge in [-0.2, -0.15) is 5.10 Å². The topological polar surface area (TPSA) is 75.7 Å². The summed E-state index contributed by atoms with van der Waals surface area (Å²) in [6.07, 6.45) is 4.20. The highest BCUT2D eigenvalue weighted by Crippen LogP contribution is 2.36. The lowest BCUT2D eigenvalue weighted by Gasteiger charge is -2.22. The molecule has 0 atom stereocenters. The van der Waals surface area contributed by atoms with Gasteiger partial charge in [-0.15, -0.1) is 0 Å². The highest BCUT2D eigenvalue weighted by Gasteiger charge is 2.19. The first-order valence-electron chi connectivity index (χ1n) is 10.8. The molecule has 2 N–H and O–H groups in total. The number of nitrogens with one attached hydrogen (secondary N) is 2. The summed E-state index contributed by atoms with van der Waals surface area (Å²) in [7, 11) is 1.68. The Morgan fingerprint density at radius 1 is 1.03 bits per heavy atom. The van der Waals surface area contributed by atoms with Crippen molar-refractivity contribution >= 4 is 11.0 Å². The van der Waals surface area contributed by atoms with Crippen molar-refractivity contribution < 1.29 is 4.74 Å². The van der Waals surface area contributed by atoms with Gasteiger partial charge in [0.1, 0.15) is 22.7 Å². The average Bonchev–Trinajstić information content (AvgIpc) is 3.23. The second-order valence-electron chi connectivity index (χ2n) is 8.25. The summed E-state index contributed by atoms with van der Waals surface area (Å²) in [5.41, 5.74) is 8.95. The van der Waals surface area contributed by atoms with Crippen LogP contribution in [0.25, 0.3) is 33.5 Å². The molecule has 3 aromatic heterocycles. The molecular weight excluding hydrogens is 386 g/mol. The van der Waals surface area contributed by atoms with E-state index in [4.69, 9.17) is 14.7 Å². The summed E-state index contributed by atoms with van der Waals surface area (Å²) < 4.78 is 5.67. The molecule has 6 heteroatoms. The van der Waals surface area contributed by atoms with E-state index < -0.39 is 0 Å². The molecule has 4 aromatic rings. The standard InChI is InChI=1S/C25H27N5O/c1-15-5-4-6-19(16(15)2)24-22(31-3)13-21-25(28-24)23(30-29-21)18-7-8-20(27-14-18)17-9-11-26-12-10-17/h4-8,13-14,17,26H,9-12H2,1-3H3,(H,29,30). The number of ether oxygens (including phenoxy) is 1. The van der Waals surface area contributed by atoms with Crippen LogP contribution in [0.1, 0.15) is 35.6 Å². The maximum absolute atomic E-state index is 5.67. The number of fused-ring (bicyclic) bond motifs is 1. The van der Waals surface area contributed by atoms with Crippen molar-refractivity contribution in [3.63, 3.8) is 0 Å². The molecular formula is C25H27N5O. The van der Waals surface area contributed by atoms with Crippen LogP contribution in [0.15, 0.2) is 42.6 Å². The number of aromatic nitrogens is 4. The molecule has 0 spiro atoms. The Labute approximate surface area is 182 Å². The zero-order valence-corrected chi connectivity index (χ0v) is 18.2. The quantitative estimate of drug-likeness (QED) is 0.504. The lowest BCUT2D eigenvalue weighted by Crippen LogP contribution is -2.26. The molecule has 1 aliphatic heterocycles. The molecule has 0 saturated carbocycles. The van der Waals surface area contributed by atoms with E-state index in [2.05, 4.69) is 59.7 Å². The Balaban J connectivity index is 1.58. The third-order valence-corrected chi connectivity index (χ3v) is 6.40. The number of aryl methyl sites for hydroxylation is 1. The fourth-order valence-electron chi connectivity index (χ4n) is 4.39. The van der Waals surface area contributed by atoms with Crippen molar-refractivity contribution in [1.29, 1.82) is 0 Å². The molecule has 31 heavy (non-hydrogen) atoms. The number of piperidine rings is 1. The van der Waals surface area contributed by atoms with Crippen molar-refractivity contribution in [3.05, 3.63) is 59.4 Å². The number of hydrogen-bond acceptors (Lipinski definition) is 5. The fourth-order valence-corrected chi connectivity index (χ4v) is 4.39. The first-order valence-corrected chi connectivity index (χ1v) is 10.8. The third-order valence-electron chi connectivity index (χ3n) is 6.40. The number of methoxy groups -OCH3 is 1. The first kappa shape index (κ1) is 19.7. The van der Waals surface area contributed by atoms with E-state index in [1.807, 2.05) is 12.3 Å². The number of aromatic amines is 1. The maximum atomic E-state index is 5.67. The van der Waals surface area contributed by atoms with Gasteiger partial charge in [-0.1, -0.05) is 18.2 Å². The summed E-state index contributed by atoms with van der Waals surface area (Å²) >= 11 is 0. The van der Waals surface area contributed by atoms with Crippen LogP contribution in [-0.2, 0) is 0 Å². The molecule has 0 radical (unpaired) electrons. The van der Waals surface area contributed by atoms with E-state index in [-0.39, 0.29) is 0 Å². The predicted octanol–water partition coefficient (Wildman–Crippen LogP) is 4.78. The van der Waals surface area contributed by atoms with Crippen LogP contribution in [0, 0.1) is 13.8 Å². The second kappa shape index (κ2) is 8.12. The molecule has 1 aromatic carbocycles. The van der Waals surface area contributed by atoms with E-state index >= 15 is 0 Å². The molecule has 6 nitrogen and oxygen atoms in total. The van der Waals surface area contributed by atoms with E-state index in [9.17, 15) is 0 Å². The Morgan fingerprint density at radius 3 is 2.61 bits per heavy atom. The van der Waals surface area contributed by atoms with Crippen molar-refractivity contribution in [1.82, 2.24) is 25.5 Å². The number of pyridine rings is 2. The Hall–Kier alpha value is -3.25. The van der Waals surface area contributed by atoms with Gasteiger partial charge in [0.15, 0.2) is 0 Å². The van der Waals surface area contributed by atoms with Gasteiger partial charge in [0, 0.05) is 35.0 Å². The second-order valence-corrected chi connectivity index (χ2v) is 8.25. The monoisotopic (exact) mass is 413 g/mol. The maximum Gasteiger partial charge on any atom is 0.147 e. The smallest absolute Gasteiger partial charge is 0.147 e. The van der Waals surface area contributed by atoms with E-state index in [1.165, 1.54) is 11.1 Å². The van der Waals surface area contributed by atoms with Crippen LogP contribution >= 0.6 is 0 Å². The lowest BCUT2D eigenvalue weighted by atomic mass is 9.94. The van der Waals surface area contributed by atoms with E-state index in [1.54, 1.807) is 7.11 Å². The SMILES string of the molecule is COc1cc2[nH]nc(-c3ccc(C4CCNCC4)nc3)c2nc1-c1cccc(C)c1C. The number of nitrogens with zero attached hydrogens (tertiary/aromatic N) is 3. The molecule has 4 heterocycles. The van der Waals surface area contributed by atoms with Gasteiger partial charge in [0.25, 0.3) is 0 Å². The molecule has 0 aliphatic carbocycles. The first-order chi connectivity index (χ1) is 15.2. The number of H-pyrrole nitrogens is 1. The Bertz CT molecular complexity index is 1220. The van der Waals surface area contributed by atoms with Crippen molar-refractivity contribution in [2.45, 2.75) is 32.6 Å². The van der Waals surface area contributed by atoms with Crippen LogP contribution in [-0.4, -0.2) is 40.4 Å². The van der Waals surface area contributed by atoms with Crippen LogP contribution in [0.2, 0.25) is 0 Å². The third kappa shape index (κ3) is 3.57. The Kier molecular flexibility index (Phi) is 5.16. The van der Waals surface area contributed by atoms with Gasteiger partial charge in [0.2, 0.25) is 0 Å². The summed E-state index contributed by atoms with van der Waals surface area (Å²) in [5.74, 6) is 1.26. The van der Waals surface area contributed by atoms with E-state index in [0.717, 1.165) is 70.9 Å². The molecule has 0 bridgehead atoms. The minimum atomic E-state index is 0.532. The summed E-state index contributed by atoms with van der Waals surface area (Å²) in [6.45, 7) is 6.36. The molecule has 1 fully saturated rings. The summed E-state index contributed by atoms with van der Waals surface area (Å²) in [6, 6.07) is 12.5. The summed E-state index contributed by atoms with van der Waals surface area (Å²) in [4.78, 5) is 9.78. The van der Waals surface area contributed by atoms with Crippen LogP contribution in [0.4, 0.5) is 0 Å². The van der Waals surface area contributed by atoms with Crippen molar-refractivity contribution in [3.8, 4) is 28.3 Å². The Morgan fingerprint density at radius 2 is 1.87 bits per heavy atom. The minimum absolute atomic E-state index is 0.532. The van der Waals surface area contributed by atoms with E-state index in [0.29, 0.717) is 5.92 Å². The van der Waals surface area contributed by atoms with Crippen molar-refractivity contribution in [2.24, 2.45) is 0 Å². The normalized spacial score (nSPS) is 14.8. The summed E-state index contributed by atoms with van der Waals surface area (Å²) in [5, 5.41) is 11.1. The fraction of sp³-hybridized carbons (Fsp3) is 0.320. The van der Waals surface area contributed by atoms with Gasteiger partial charge >= 0.3 is 0 Å². The van der Waals surface area contributed by atoms with Gasteiger partial charge < -0.3 is 10.1 Å². The van der Waals surface area contributed by atoms with Gasteiger partial charge in [-0.3, -0.25) is 10.1 Å². The largest absolute Gasteiger partial charge is 0.494 e. The van der Waals surface area contributed by atoms with Crippen LogP contribution in [0.5, 0.6) is 5.75 Å². The number of rotatable bonds is 4. The van der Waals surface area contributed by atoms with Crippen molar-refractivity contribution in [2.75, 3.05) is 20.2 Å². The van der Waals surface area contributed by atoms with Gasteiger partial charge in [-0.05, 0) is 63.0 Å². The number of hydrogen-bond donors (Lipinski definition) is 2. The average molecular weight is 414 g/mol. The van der Waals surface area contributed by atoms with Gasteiger partial charge in [0.05, 0.1) is 12.6 Å². The molecule has 1 aliphatic rings. The number of benzene rings is 1. The molecule has 0 amide bonds. The predicted molar refractivity (Wildman–Crippen MR) is 123 cm³/mol. The zero-order chi connectivity index (χ0) is 21.4. The lowest BCUT2D eigenvalue weighted by molar-refractivity contribution is 0.415. The van der Waals surface area contributed by atoms with Crippen LogP contribution < -0.4 is 10.1 Å². The molecule has 1 saturated heterocycles. The molecule has 158 valence electrons. The van der Waals surface area contributed by atoms with Crippen LogP contribution in [0.3, 0.4) is 0 Å². The molecule has 0 unspecified atom stereocenters.